The topological polar surface area (TPSA) is 24.7 Å². The average Bonchev–Trinajstić information content (AvgIpc) is 3.33. The lowest BCUT2D eigenvalue weighted by Gasteiger charge is -2.26. The van der Waals surface area contributed by atoms with Gasteiger partial charge in [0.2, 0.25) is 6.17 Å². The van der Waals surface area contributed by atoms with E-state index in [9.17, 15) is 0 Å². The average molecular weight is 424 g/mol. The van der Waals surface area contributed by atoms with Gasteiger partial charge in [0.05, 0.1) is 5.92 Å². The number of benzene rings is 1. The van der Waals surface area contributed by atoms with E-state index < -0.39 is 0 Å². The fourth-order valence-electron chi connectivity index (χ4n) is 4.89. The van der Waals surface area contributed by atoms with Crippen molar-refractivity contribution in [2.45, 2.75) is 117 Å². The first-order valence-corrected chi connectivity index (χ1v) is 13.3. The van der Waals surface area contributed by atoms with Gasteiger partial charge in [-0.15, -0.1) is 0 Å². The monoisotopic (exact) mass is 423 g/mol. The van der Waals surface area contributed by atoms with E-state index in [1.807, 2.05) is 12.4 Å². The highest BCUT2D eigenvalue weighted by atomic mass is 15.0. The molecule has 31 heavy (non-hydrogen) atoms. The van der Waals surface area contributed by atoms with Crippen LogP contribution in [-0.4, -0.2) is 12.4 Å². The zero-order valence-corrected chi connectivity index (χ0v) is 20.4. The second kappa shape index (κ2) is 17.0. The maximum absolute atomic E-state index is 4.67. The van der Waals surface area contributed by atoms with Crippen molar-refractivity contribution < 1.29 is 0 Å². The Morgan fingerprint density at radius 2 is 1.16 bits per heavy atom. The van der Waals surface area contributed by atoms with E-state index in [0.717, 1.165) is 12.6 Å². The Hall–Kier alpha value is -1.57. The Labute approximate surface area is 193 Å². The summed E-state index contributed by atoms with van der Waals surface area (Å²) in [5.41, 5.74) is 1.46. The molecule has 0 N–H and O–H groups in total. The minimum Gasteiger partial charge on any atom is -0.0965 e. The normalized spacial score (nSPS) is 15.0. The molecule has 2 atom stereocenters. The molecule has 0 spiro atoms. The number of rotatable bonds is 19. The molecule has 1 aliphatic rings. The number of hydrogen-bond acceptors (Lipinski definition) is 2. The van der Waals surface area contributed by atoms with Crippen molar-refractivity contribution in [2.24, 2.45) is 21.8 Å². The lowest BCUT2D eigenvalue weighted by molar-refractivity contribution is 0.284. The summed E-state index contributed by atoms with van der Waals surface area (Å²) < 4.78 is 0. The molecule has 0 saturated heterocycles. The summed E-state index contributed by atoms with van der Waals surface area (Å²) in [4.78, 5) is 9.34. The first-order valence-electron chi connectivity index (χ1n) is 13.3. The highest BCUT2D eigenvalue weighted by molar-refractivity contribution is 6.18. The minimum absolute atomic E-state index is 0.501. The lowest BCUT2D eigenvalue weighted by Crippen LogP contribution is -2.22. The number of nitrogens with zero attached hydrogens (tertiary/aromatic N) is 2. The highest BCUT2D eigenvalue weighted by Crippen LogP contribution is 2.37. The molecule has 0 aliphatic carbocycles. The van der Waals surface area contributed by atoms with Crippen LogP contribution in [0.15, 0.2) is 40.3 Å². The maximum Gasteiger partial charge on any atom is 0.244 e. The Bertz CT molecular complexity index is 580. The van der Waals surface area contributed by atoms with Crippen LogP contribution in [0.1, 0.15) is 116 Å². The highest BCUT2D eigenvalue weighted by Gasteiger charge is 2.35. The fraction of sp³-hybridized carbons (Fsp3) is 0.690. The Kier molecular flexibility index (Phi) is 14.1. The number of unbranched alkanes of at least 4 members (excludes halogenated alkanes) is 11. The van der Waals surface area contributed by atoms with Gasteiger partial charge >= 0.3 is 0 Å². The second-order valence-electron chi connectivity index (χ2n) is 9.44. The summed E-state index contributed by atoms with van der Waals surface area (Å²) in [5, 5.41) is 0. The summed E-state index contributed by atoms with van der Waals surface area (Å²) in [6, 6.07) is 11.1. The molecule has 0 amide bonds. The lowest BCUT2D eigenvalue weighted by atomic mass is 9.78. The van der Waals surface area contributed by atoms with Gasteiger partial charge in [-0.2, -0.15) is 0 Å². The first kappa shape index (κ1) is 25.7. The molecule has 0 bridgehead atoms. The van der Waals surface area contributed by atoms with Crippen molar-refractivity contribution in [3.05, 3.63) is 42.1 Å². The van der Waals surface area contributed by atoms with Crippen molar-refractivity contribution in [2.75, 3.05) is 0 Å². The Morgan fingerprint density at radius 1 is 0.645 bits per heavy atom. The Morgan fingerprint density at radius 3 is 1.77 bits per heavy atom. The predicted molar refractivity (Wildman–Crippen MR) is 138 cm³/mol. The number of hydrogen-bond donors (Lipinski definition) is 0. The minimum atomic E-state index is 0.501. The molecule has 0 fully saturated rings. The van der Waals surface area contributed by atoms with Gasteiger partial charge in [-0.1, -0.05) is 138 Å². The van der Waals surface area contributed by atoms with Crippen LogP contribution in [0, 0.1) is 18.0 Å². The van der Waals surface area contributed by atoms with Crippen LogP contribution in [0.25, 0.3) is 0 Å². The third-order valence-corrected chi connectivity index (χ3v) is 6.77. The van der Waals surface area contributed by atoms with Crippen LogP contribution in [0.4, 0.5) is 0 Å². The predicted octanol–water partition coefficient (Wildman–Crippen LogP) is 9.00. The van der Waals surface area contributed by atoms with E-state index in [4.69, 9.17) is 0 Å². The van der Waals surface area contributed by atoms with Crippen molar-refractivity contribution >= 4 is 12.4 Å². The van der Waals surface area contributed by atoms with Gasteiger partial charge in [0, 0.05) is 0 Å². The van der Waals surface area contributed by atoms with Gasteiger partial charge in [-0.05, 0) is 30.7 Å². The van der Waals surface area contributed by atoms with Crippen LogP contribution < -0.4 is 0 Å². The maximum atomic E-state index is 4.67. The van der Waals surface area contributed by atoms with Crippen molar-refractivity contribution in [1.82, 2.24) is 0 Å². The van der Waals surface area contributed by atoms with Gasteiger partial charge in [0.15, 0.2) is 12.4 Å². The molecule has 1 aromatic rings. The summed E-state index contributed by atoms with van der Waals surface area (Å²) in [6.45, 7) is 4.59. The summed E-state index contributed by atoms with van der Waals surface area (Å²) in [6.07, 6.45) is 26.4. The molecular weight excluding hydrogens is 376 g/mol. The third kappa shape index (κ3) is 11.0. The van der Waals surface area contributed by atoms with E-state index in [2.05, 4.69) is 54.2 Å². The molecule has 2 heteroatoms. The van der Waals surface area contributed by atoms with E-state index >= 15 is 0 Å². The molecule has 1 aromatic carbocycles. The van der Waals surface area contributed by atoms with Crippen molar-refractivity contribution in [3.8, 4) is 0 Å². The van der Waals surface area contributed by atoms with Crippen LogP contribution in [0.3, 0.4) is 0 Å². The third-order valence-electron chi connectivity index (χ3n) is 6.77. The molecule has 0 saturated carbocycles. The van der Waals surface area contributed by atoms with Gasteiger partial charge < -0.3 is 0 Å². The zero-order valence-electron chi connectivity index (χ0n) is 20.4. The first-order chi connectivity index (χ1) is 15.3. The van der Waals surface area contributed by atoms with Crippen LogP contribution in [-0.2, 0) is 6.42 Å². The van der Waals surface area contributed by atoms with Gasteiger partial charge in [-0.3, -0.25) is 0 Å². The van der Waals surface area contributed by atoms with Crippen LogP contribution in [0.5, 0.6) is 0 Å². The van der Waals surface area contributed by atoms with Crippen molar-refractivity contribution in [3.63, 3.8) is 0 Å². The molecule has 2 rings (SSSR count). The van der Waals surface area contributed by atoms with E-state index in [0.29, 0.717) is 11.8 Å². The standard InChI is InChI=1S/C29H47N2/c1-3-5-7-9-10-11-12-13-18-22-28(29-30-23-24-31-29)27(21-17-8-6-4-2)25-26-19-15-14-16-20-26/h14-16,19-20,23-24,27-28H,3-13,17-18,21-22,25H2,1-2H3/q+1. The molecule has 2 unspecified atom stereocenters. The Balaban J connectivity index is 1.86. The van der Waals surface area contributed by atoms with Gasteiger partial charge in [0.1, 0.15) is 0 Å². The van der Waals surface area contributed by atoms with Gasteiger partial charge in [-0.25, -0.2) is 0 Å². The SMILES string of the molecule is CCCCCCCCCCCC([C+]1N=CC=N1)C(CCCCCC)Cc1ccccc1. The molecule has 0 radical (unpaired) electrons. The molecule has 1 aliphatic heterocycles. The zero-order chi connectivity index (χ0) is 22.0. The van der Waals surface area contributed by atoms with E-state index in [1.165, 1.54) is 102 Å². The van der Waals surface area contributed by atoms with Crippen molar-refractivity contribution in [1.29, 1.82) is 0 Å². The van der Waals surface area contributed by atoms with E-state index in [1.54, 1.807) is 0 Å². The molecule has 172 valence electrons. The van der Waals surface area contributed by atoms with Gasteiger partial charge in [0.25, 0.3) is 0 Å². The van der Waals surface area contributed by atoms with E-state index in [-0.39, 0.29) is 0 Å². The second-order valence-corrected chi connectivity index (χ2v) is 9.44. The molecular formula is C29H47N2+. The smallest absolute Gasteiger partial charge is 0.0965 e. The largest absolute Gasteiger partial charge is 0.244 e. The number of aliphatic imine (C=N–C) groups is 2. The molecule has 2 nitrogen and oxygen atoms in total. The quantitative estimate of drug-likeness (QED) is 0.157. The summed E-state index contributed by atoms with van der Waals surface area (Å²) in [7, 11) is 0. The summed E-state index contributed by atoms with van der Waals surface area (Å²) >= 11 is 0. The molecule has 1 heterocycles. The fourth-order valence-corrected chi connectivity index (χ4v) is 4.89. The van der Waals surface area contributed by atoms with Crippen LogP contribution >= 0.6 is 0 Å². The molecule has 0 aromatic heterocycles. The summed E-state index contributed by atoms with van der Waals surface area (Å²) in [5.74, 6) is 1.15. The van der Waals surface area contributed by atoms with Crippen LogP contribution in [0.2, 0.25) is 0 Å².